The number of likely N-dealkylation sites (N-methyl/N-ethyl adjacent to an activating group) is 1. The van der Waals surface area contributed by atoms with Crippen molar-refractivity contribution >= 4 is 17.5 Å². The maximum absolute atomic E-state index is 12.3. The quantitative estimate of drug-likeness (QED) is 0.842. The molecule has 0 saturated carbocycles. The summed E-state index contributed by atoms with van der Waals surface area (Å²) < 4.78 is 10.5. The summed E-state index contributed by atoms with van der Waals surface area (Å²) in [4.78, 5) is 28.2. The standard InChI is InChI=1S/C20H23N3O4/c1-22(2)16-7-4-14(5-8-16)12-23(3)19(24)11-21-20(25)15-6-9-17-18(10-15)27-13-26-17/h4-10H,11-13H2,1-3H3,(H,21,25). The van der Waals surface area contributed by atoms with Gasteiger partial charge in [0.25, 0.3) is 5.91 Å². The van der Waals surface area contributed by atoms with E-state index in [1.807, 2.05) is 43.3 Å². The van der Waals surface area contributed by atoms with Gasteiger partial charge >= 0.3 is 0 Å². The van der Waals surface area contributed by atoms with Gasteiger partial charge in [0.15, 0.2) is 11.5 Å². The lowest BCUT2D eigenvalue weighted by Gasteiger charge is -2.19. The maximum Gasteiger partial charge on any atom is 0.251 e. The number of nitrogens with zero attached hydrogens (tertiary/aromatic N) is 2. The molecule has 0 aliphatic carbocycles. The van der Waals surface area contributed by atoms with Crippen LogP contribution in [-0.2, 0) is 11.3 Å². The van der Waals surface area contributed by atoms with Gasteiger partial charge in [0.05, 0.1) is 6.54 Å². The molecule has 0 fully saturated rings. The molecule has 0 unspecified atom stereocenters. The summed E-state index contributed by atoms with van der Waals surface area (Å²) >= 11 is 0. The van der Waals surface area contributed by atoms with Crippen LogP contribution in [0.25, 0.3) is 0 Å². The first-order valence-corrected chi connectivity index (χ1v) is 8.62. The van der Waals surface area contributed by atoms with Crippen LogP contribution in [0.1, 0.15) is 15.9 Å². The van der Waals surface area contributed by atoms with E-state index in [9.17, 15) is 9.59 Å². The van der Waals surface area contributed by atoms with Gasteiger partial charge in [-0.1, -0.05) is 12.1 Å². The molecule has 142 valence electrons. The molecule has 2 aromatic carbocycles. The average molecular weight is 369 g/mol. The van der Waals surface area contributed by atoms with E-state index >= 15 is 0 Å². The number of carbonyl (C=O) groups is 2. The summed E-state index contributed by atoms with van der Waals surface area (Å²) in [5, 5.41) is 2.65. The fourth-order valence-corrected chi connectivity index (χ4v) is 2.69. The van der Waals surface area contributed by atoms with Crippen LogP contribution in [0.4, 0.5) is 5.69 Å². The highest BCUT2D eigenvalue weighted by atomic mass is 16.7. The Kier molecular flexibility index (Phi) is 5.49. The summed E-state index contributed by atoms with van der Waals surface area (Å²) in [7, 11) is 5.68. The molecule has 1 aliphatic heterocycles. The Morgan fingerprint density at radius 3 is 2.41 bits per heavy atom. The van der Waals surface area contributed by atoms with Crippen LogP contribution in [-0.4, -0.2) is 51.2 Å². The second kappa shape index (κ2) is 7.99. The van der Waals surface area contributed by atoms with E-state index in [2.05, 4.69) is 5.32 Å². The molecular weight excluding hydrogens is 346 g/mol. The van der Waals surface area contributed by atoms with E-state index in [1.165, 1.54) is 0 Å². The second-order valence-electron chi connectivity index (χ2n) is 6.56. The minimum absolute atomic E-state index is 0.0699. The van der Waals surface area contributed by atoms with Crippen LogP contribution in [0.2, 0.25) is 0 Å². The lowest BCUT2D eigenvalue weighted by atomic mass is 10.2. The molecule has 1 heterocycles. The predicted octanol–water partition coefficient (Wildman–Crippen LogP) is 1.87. The van der Waals surface area contributed by atoms with Crippen molar-refractivity contribution in [2.75, 3.05) is 39.4 Å². The molecule has 0 saturated heterocycles. The van der Waals surface area contributed by atoms with Crippen molar-refractivity contribution in [2.45, 2.75) is 6.54 Å². The molecule has 1 aliphatic rings. The summed E-state index contributed by atoms with van der Waals surface area (Å²) in [5.41, 5.74) is 2.55. The third-order valence-electron chi connectivity index (χ3n) is 4.33. The van der Waals surface area contributed by atoms with E-state index in [0.717, 1.165) is 11.3 Å². The van der Waals surface area contributed by atoms with E-state index in [0.29, 0.717) is 23.6 Å². The molecule has 3 rings (SSSR count). The van der Waals surface area contributed by atoms with Crippen LogP contribution < -0.4 is 19.7 Å². The number of hydrogen-bond donors (Lipinski definition) is 1. The Morgan fingerprint density at radius 2 is 1.70 bits per heavy atom. The Bertz CT molecular complexity index is 834. The molecular formula is C20H23N3O4. The zero-order valence-electron chi connectivity index (χ0n) is 15.7. The van der Waals surface area contributed by atoms with Gasteiger partial charge in [0.1, 0.15) is 0 Å². The van der Waals surface area contributed by atoms with Crippen molar-refractivity contribution in [2.24, 2.45) is 0 Å². The van der Waals surface area contributed by atoms with Gasteiger partial charge in [0, 0.05) is 38.9 Å². The van der Waals surface area contributed by atoms with E-state index in [4.69, 9.17) is 9.47 Å². The first kappa shape index (κ1) is 18.6. The van der Waals surface area contributed by atoms with Gasteiger partial charge in [-0.05, 0) is 35.9 Å². The number of carbonyl (C=O) groups excluding carboxylic acids is 2. The molecule has 0 spiro atoms. The lowest BCUT2D eigenvalue weighted by Crippen LogP contribution is -2.37. The first-order chi connectivity index (χ1) is 12.9. The largest absolute Gasteiger partial charge is 0.454 e. The topological polar surface area (TPSA) is 71.1 Å². The molecule has 2 amide bonds. The molecule has 2 aromatic rings. The molecule has 0 bridgehead atoms. The number of amides is 2. The Hall–Kier alpha value is -3.22. The number of fused-ring (bicyclic) bond motifs is 1. The molecule has 0 aromatic heterocycles. The Labute approximate surface area is 158 Å². The van der Waals surface area contributed by atoms with Crippen LogP contribution in [0, 0.1) is 0 Å². The minimum atomic E-state index is -0.328. The van der Waals surface area contributed by atoms with Gasteiger partial charge in [-0.15, -0.1) is 0 Å². The van der Waals surface area contributed by atoms with Gasteiger partial charge in [-0.3, -0.25) is 9.59 Å². The van der Waals surface area contributed by atoms with Crippen molar-refractivity contribution in [1.29, 1.82) is 0 Å². The van der Waals surface area contributed by atoms with Gasteiger partial charge in [0.2, 0.25) is 12.7 Å². The summed E-state index contributed by atoms with van der Waals surface area (Å²) in [6.07, 6.45) is 0. The van der Waals surface area contributed by atoms with Gasteiger partial charge in [-0.2, -0.15) is 0 Å². The fraction of sp³-hybridized carbons (Fsp3) is 0.300. The van der Waals surface area contributed by atoms with Crippen LogP contribution in [0.5, 0.6) is 11.5 Å². The van der Waals surface area contributed by atoms with Crippen LogP contribution in [0.15, 0.2) is 42.5 Å². The molecule has 7 nitrogen and oxygen atoms in total. The molecule has 1 N–H and O–H groups in total. The van der Waals surface area contributed by atoms with Crippen molar-refractivity contribution < 1.29 is 19.1 Å². The maximum atomic E-state index is 12.3. The third-order valence-corrected chi connectivity index (χ3v) is 4.33. The van der Waals surface area contributed by atoms with Crippen molar-refractivity contribution in [3.05, 3.63) is 53.6 Å². The highest BCUT2D eigenvalue weighted by Gasteiger charge is 2.17. The number of benzene rings is 2. The number of hydrogen-bond acceptors (Lipinski definition) is 5. The number of rotatable bonds is 6. The Morgan fingerprint density at radius 1 is 1.00 bits per heavy atom. The predicted molar refractivity (Wildman–Crippen MR) is 102 cm³/mol. The van der Waals surface area contributed by atoms with E-state index in [-0.39, 0.29) is 25.2 Å². The lowest BCUT2D eigenvalue weighted by molar-refractivity contribution is -0.129. The SMILES string of the molecule is CN(Cc1ccc(N(C)C)cc1)C(=O)CNC(=O)c1ccc2c(c1)OCO2. The van der Waals surface area contributed by atoms with Crippen LogP contribution >= 0.6 is 0 Å². The highest BCUT2D eigenvalue weighted by Crippen LogP contribution is 2.32. The number of ether oxygens (including phenoxy) is 2. The number of anilines is 1. The molecule has 0 radical (unpaired) electrons. The monoisotopic (exact) mass is 369 g/mol. The van der Waals surface area contributed by atoms with Gasteiger partial charge in [-0.25, -0.2) is 0 Å². The highest BCUT2D eigenvalue weighted by molar-refractivity contribution is 5.97. The van der Waals surface area contributed by atoms with Crippen molar-refractivity contribution in [3.8, 4) is 11.5 Å². The molecule has 27 heavy (non-hydrogen) atoms. The summed E-state index contributed by atoms with van der Waals surface area (Å²) in [5.74, 6) is 0.654. The van der Waals surface area contributed by atoms with E-state index in [1.54, 1.807) is 30.1 Å². The summed E-state index contributed by atoms with van der Waals surface area (Å²) in [6.45, 7) is 0.561. The Balaban J connectivity index is 1.51. The van der Waals surface area contributed by atoms with Crippen molar-refractivity contribution in [3.63, 3.8) is 0 Å². The zero-order valence-corrected chi connectivity index (χ0v) is 15.7. The molecule has 7 heteroatoms. The smallest absolute Gasteiger partial charge is 0.251 e. The average Bonchev–Trinajstić information content (AvgIpc) is 3.13. The fourth-order valence-electron chi connectivity index (χ4n) is 2.69. The van der Waals surface area contributed by atoms with Crippen molar-refractivity contribution in [1.82, 2.24) is 10.2 Å². The van der Waals surface area contributed by atoms with E-state index < -0.39 is 0 Å². The number of nitrogens with one attached hydrogen (secondary N) is 1. The van der Waals surface area contributed by atoms with Crippen LogP contribution in [0.3, 0.4) is 0 Å². The summed E-state index contributed by atoms with van der Waals surface area (Å²) in [6, 6.07) is 12.9. The zero-order chi connectivity index (χ0) is 19.4. The molecule has 0 atom stereocenters. The third kappa shape index (κ3) is 4.49. The second-order valence-corrected chi connectivity index (χ2v) is 6.56. The first-order valence-electron chi connectivity index (χ1n) is 8.62. The minimum Gasteiger partial charge on any atom is -0.454 e. The normalized spacial score (nSPS) is 11.8. The van der Waals surface area contributed by atoms with Gasteiger partial charge < -0.3 is 24.6 Å².